The van der Waals surface area contributed by atoms with Crippen LogP contribution in [0, 0.1) is 5.92 Å². The first-order chi connectivity index (χ1) is 13.7. The van der Waals surface area contributed by atoms with Crippen LogP contribution in [-0.4, -0.2) is 33.1 Å². The third kappa shape index (κ3) is 4.09. The van der Waals surface area contributed by atoms with Crippen LogP contribution >= 0.6 is 0 Å². The fraction of sp³-hybridized carbons (Fsp3) is 0.238. The van der Waals surface area contributed by atoms with Crippen molar-refractivity contribution < 1.29 is 9.59 Å². The second kappa shape index (κ2) is 8.04. The van der Waals surface area contributed by atoms with Gasteiger partial charge >= 0.3 is 0 Å². The van der Waals surface area contributed by atoms with Gasteiger partial charge in [0.05, 0.1) is 5.92 Å². The lowest BCUT2D eigenvalue weighted by Crippen LogP contribution is -2.28. The summed E-state index contributed by atoms with van der Waals surface area (Å²) in [6.45, 7) is 1.10. The predicted octanol–water partition coefficient (Wildman–Crippen LogP) is 2.51. The number of para-hydroxylation sites is 1. The Balaban J connectivity index is 1.33. The van der Waals surface area contributed by atoms with E-state index in [1.165, 1.54) is 5.56 Å². The van der Waals surface area contributed by atoms with Crippen LogP contribution in [0.15, 0.2) is 67.1 Å². The Morgan fingerprint density at radius 3 is 2.68 bits per heavy atom. The molecule has 3 heterocycles. The van der Waals surface area contributed by atoms with Crippen LogP contribution in [0.1, 0.15) is 12.0 Å². The lowest BCUT2D eigenvalue weighted by molar-refractivity contribution is -0.122. The number of aryl methyl sites for hydroxylation is 2. The fourth-order valence-corrected chi connectivity index (χ4v) is 3.31. The SMILES string of the molecule is O=C(Nc1ccn(CCc2ccncc2)n1)[C@H]1CC(=O)N(c2ccccc2)C1. The maximum Gasteiger partial charge on any atom is 0.231 e. The first kappa shape index (κ1) is 17.9. The Morgan fingerprint density at radius 2 is 1.89 bits per heavy atom. The summed E-state index contributed by atoms with van der Waals surface area (Å²) in [5.41, 5.74) is 2.00. The zero-order chi connectivity index (χ0) is 19.3. The standard InChI is InChI=1S/C21H21N5O2/c27-20-14-17(15-26(20)18-4-2-1-3-5-18)21(28)23-19-9-13-25(24-19)12-8-16-6-10-22-11-7-16/h1-7,9-11,13,17H,8,12,14-15H2,(H,23,24,28)/t17-/m0/s1. The van der Waals surface area contributed by atoms with E-state index in [2.05, 4.69) is 15.4 Å². The second-order valence-electron chi connectivity index (χ2n) is 6.80. The molecule has 1 aliphatic rings. The molecule has 0 spiro atoms. The summed E-state index contributed by atoms with van der Waals surface area (Å²) in [5, 5.41) is 7.24. The van der Waals surface area contributed by atoms with E-state index >= 15 is 0 Å². The zero-order valence-corrected chi connectivity index (χ0v) is 15.4. The van der Waals surface area contributed by atoms with Crippen molar-refractivity contribution in [2.45, 2.75) is 19.4 Å². The number of hydrogen-bond acceptors (Lipinski definition) is 4. The number of nitrogens with zero attached hydrogens (tertiary/aromatic N) is 4. The summed E-state index contributed by atoms with van der Waals surface area (Å²) >= 11 is 0. The molecular formula is C21H21N5O2. The number of anilines is 2. The van der Waals surface area contributed by atoms with Crippen molar-refractivity contribution in [1.29, 1.82) is 0 Å². The molecule has 1 aromatic carbocycles. The average Bonchev–Trinajstić information content (AvgIpc) is 3.34. The summed E-state index contributed by atoms with van der Waals surface area (Å²) in [5.74, 6) is -0.0830. The number of carbonyl (C=O) groups is 2. The van der Waals surface area contributed by atoms with E-state index in [-0.39, 0.29) is 24.2 Å². The quantitative estimate of drug-likeness (QED) is 0.718. The van der Waals surface area contributed by atoms with Crippen LogP contribution in [0.25, 0.3) is 0 Å². The molecule has 7 heteroatoms. The first-order valence-corrected chi connectivity index (χ1v) is 9.28. The number of benzene rings is 1. The summed E-state index contributed by atoms with van der Waals surface area (Å²) in [6, 6.07) is 15.1. The van der Waals surface area contributed by atoms with E-state index in [4.69, 9.17) is 0 Å². The molecular weight excluding hydrogens is 354 g/mol. The highest BCUT2D eigenvalue weighted by Crippen LogP contribution is 2.25. The van der Waals surface area contributed by atoms with E-state index in [0.717, 1.165) is 12.1 Å². The average molecular weight is 375 g/mol. The van der Waals surface area contributed by atoms with Gasteiger partial charge in [0.25, 0.3) is 0 Å². The molecule has 0 saturated carbocycles. The van der Waals surface area contributed by atoms with Gasteiger partial charge in [-0.25, -0.2) is 0 Å². The van der Waals surface area contributed by atoms with Gasteiger partial charge in [-0.3, -0.25) is 19.3 Å². The van der Waals surface area contributed by atoms with Gasteiger partial charge in [0, 0.05) is 49.9 Å². The number of amides is 2. The van der Waals surface area contributed by atoms with Crippen LogP contribution < -0.4 is 10.2 Å². The molecule has 28 heavy (non-hydrogen) atoms. The van der Waals surface area contributed by atoms with E-state index in [1.54, 1.807) is 28.0 Å². The van der Waals surface area contributed by atoms with Gasteiger partial charge in [-0.2, -0.15) is 5.10 Å². The molecule has 1 fully saturated rings. The zero-order valence-electron chi connectivity index (χ0n) is 15.4. The van der Waals surface area contributed by atoms with E-state index in [0.29, 0.717) is 18.9 Å². The number of carbonyl (C=O) groups excluding carboxylic acids is 2. The number of aromatic nitrogens is 3. The Kier molecular flexibility index (Phi) is 5.14. The van der Waals surface area contributed by atoms with E-state index in [9.17, 15) is 9.59 Å². The molecule has 142 valence electrons. The lowest BCUT2D eigenvalue weighted by Gasteiger charge is -2.16. The Bertz CT molecular complexity index is 955. The highest BCUT2D eigenvalue weighted by molar-refractivity contribution is 6.03. The van der Waals surface area contributed by atoms with Gasteiger partial charge in [-0.1, -0.05) is 18.2 Å². The van der Waals surface area contributed by atoms with Gasteiger partial charge in [0.15, 0.2) is 5.82 Å². The third-order valence-electron chi connectivity index (χ3n) is 4.83. The third-order valence-corrected chi connectivity index (χ3v) is 4.83. The lowest BCUT2D eigenvalue weighted by atomic mass is 10.1. The van der Waals surface area contributed by atoms with Gasteiger partial charge in [0.2, 0.25) is 11.8 Å². The largest absolute Gasteiger partial charge is 0.312 e. The molecule has 0 aliphatic carbocycles. The summed E-state index contributed by atoms with van der Waals surface area (Å²) in [6.07, 6.45) is 6.43. The number of rotatable bonds is 6. The smallest absolute Gasteiger partial charge is 0.231 e. The molecule has 0 unspecified atom stereocenters. The molecule has 0 radical (unpaired) electrons. The van der Waals surface area contributed by atoms with E-state index in [1.807, 2.05) is 48.7 Å². The van der Waals surface area contributed by atoms with Crippen molar-refractivity contribution in [2.24, 2.45) is 5.92 Å². The van der Waals surface area contributed by atoms with Crippen molar-refractivity contribution in [3.8, 4) is 0 Å². The van der Waals surface area contributed by atoms with Crippen molar-refractivity contribution in [2.75, 3.05) is 16.8 Å². The van der Waals surface area contributed by atoms with Crippen molar-refractivity contribution >= 4 is 23.3 Å². The monoisotopic (exact) mass is 375 g/mol. The number of nitrogens with one attached hydrogen (secondary N) is 1. The second-order valence-corrected chi connectivity index (χ2v) is 6.80. The molecule has 7 nitrogen and oxygen atoms in total. The molecule has 1 N–H and O–H groups in total. The summed E-state index contributed by atoms with van der Waals surface area (Å²) < 4.78 is 1.80. The van der Waals surface area contributed by atoms with E-state index < -0.39 is 0 Å². The van der Waals surface area contributed by atoms with Crippen LogP contribution in [0.2, 0.25) is 0 Å². The number of pyridine rings is 1. The topological polar surface area (TPSA) is 80.1 Å². The maximum atomic E-state index is 12.6. The summed E-state index contributed by atoms with van der Waals surface area (Å²) in [4.78, 5) is 30.5. The molecule has 1 saturated heterocycles. The number of hydrogen-bond donors (Lipinski definition) is 1. The molecule has 0 bridgehead atoms. The van der Waals surface area contributed by atoms with Crippen molar-refractivity contribution in [3.63, 3.8) is 0 Å². The summed E-state index contributed by atoms with van der Waals surface area (Å²) in [7, 11) is 0. The van der Waals surface area contributed by atoms with Gasteiger partial charge < -0.3 is 10.2 Å². The first-order valence-electron chi connectivity index (χ1n) is 9.28. The van der Waals surface area contributed by atoms with Gasteiger partial charge in [0.1, 0.15) is 0 Å². The molecule has 1 atom stereocenters. The van der Waals surface area contributed by atoms with Crippen LogP contribution in [-0.2, 0) is 22.6 Å². The highest BCUT2D eigenvalue weighted by atomic mass is 16.2. The Labute approximate surface area is 163 Å². The minimum Gasteiger partial charge on any atom is -0.312 e. The minimum absolute atomic E-state index is 0.0331. The van der Waals surface area contributed by atoms with Crippen molar-refractivity contribution in [1.82, 2.24) is 14.8 Å². The normalized spacial score (nSPS) is 16.4. The molecule has 1 aliphatic heterocycles. The van der Waals surface area contributed by atoms with Crippen LogP contribution in [0.5, 0.6) is 0 Å². The predicted molar refractivity (Wildman–Crippen MR) is 106 cm³/mol. The Hall–Kier alpha value is -3.48. The van der Waals surface area contributed by atoms with Crippen LogP contribution in [0.3, 0.4) is 0 Å². The molecule has 2 amide bonds. The Morgan fingerprint density at radius 1 is 1.11 bits per heavy atom. The van der Waals surface area contributed by atoms with Crippen LogP contribution in [0.4, 0.5) is 11.5 Å². The molecule has 2 aromatic heterocycles. The van der Waals surface area contributed by atoms with Crippen molar-refractivity contribution in [3.05, 3.63) is 72.7 Å². The van der Waals surface area contributed by atoms with Gasteiger partial charge in [-0.05, 0) is 36.2 Å². The maximum absolute atomic E-state index is 12.6. The minimum atomic E-state index is -0.380. The fourth-order valence-electron chi connectivity index (χ4n) is 3.31. The molecule has 3 aromatic rings. The van der Waals surface area contributed by atoms with Gasteiger partial charge in [-0.15, -0.1) is 0 Å². The highest BCUT2D eigenvalue weighted by Gasteiger charge is 2.35. The molecule has 4 rings (SSSR count).